The number of hydrogen-bond donors (Lipinski definition) is 13. The molecule has 59 heavy (non-hydrogen) atoms. The van der Waals surface area contributed by atoms with E-state index in [0.29, 0.717) is 32.1 Å². The van der Waals surface area contributed by atoms with Crippen LogP contribution in [0.1, 0.15) is 99.3 Å². The molecule has 0 spiro atoms. The molecule has 24 nitrogen and oxygen atoms in total. The molecule has 0 aromatic rings. The van der Waals surface area contributed by atoms with Crippen LogP contribution >= 0.6 is 0 Å². The highest BCUT2D eigenvalue weighted by molar-refractivity contribution is 5.93. The number of hydrogen-bond acceptors (Lipinski definition) is 12. The highest BCUT2D eigenvalue weighted by Gasteiger charge is 2.28. The molecule has 0 bridgehead atoms. The van der Waals surface area contributed by atoms with Crippen molar-refractivity contribution in [3.63, 3.8) is 0 Å². The van der Waals surface area contributed by atoms with E-state index in [1.807, 2.05) is 20.8 Å². The van der Waals surface area contributed by atoms with E-state index >= 15 is 0 Å². The molecule has 7 amide bonds. The number of amides is 7. The summed E-state index contributed by atoms with van der Waals surface area (Å²) in [5, 5.41) is 17.2. The van der Waals surface area contributed by atoms with Gasteiger partial charge in [0.2, 0.25) is 41.4 Å². The van der Waals surface area contributed by atoms with Crippen LogP contribution in [0.15, 0.2) is 9.98 Å². The van der Waals surface area contributed by atoms with Crippen LogP contribution in [0.3, 0.4) is 0 Å². The summed E-state index contributed by atoms with van der Waals surface area (Å²) < 4.78 is 0. The Bertz CT molecular complexity index is 1240. The second-order valence-corrected chi connectivity index (χ2v) is 12.0. The Balaban J connectivity index is -0.000000598. The third kappa shape index (κ3) is 44.8. The van der Waals surface area contributed by atoms with Crippen LogP contribution in [-0.4, -0.2) is 134 Å². The predicted octanol–water partition coefficient (Wildman–Crippen LogP) is -3.89. The van der Waals surface area contributed by atoms with Crippen molar-refractivity contribution in [2.24, 2.45) is 55.9 Å². The van der Waals surface area contributed by atoms with Gasteiger partial charge in [0.25, 0.3) is 6.47 Å². The lowest BCUT2D eigenvalue weighted by atomic mass is 10.1. The van der Waals surface area contributed by atoms with Gasteiger partial charge in [0.05, 0.1) is 19.6 Å². The summed E-state index contributed by atoms with van der Waals surface area (Å²) in [4.78, 5) is 102. The summed E-state index contributed by atoms with van der Waals surface area (Å²) in [6.45, 7) is 11.4. The summed E-state index contributed by atoms with van der Waals surface area (Å²) in [7, 11) is 0. The molecule has 0 saturated carbocycles. The van der Waals surface area contributed by atoms with Gasteiger partial charge in [0.1, 0.15) is 12.1 Å². The number of nitrogens with two attached hydrogens (primary N) is 8. The highest BCUT2D eigenvalue weighted by atomic mass is 16.3. The molecule has 0 aliphatic heterocycles. The number of carboxylic acid groups (broad SMARTS) is 1. The van der Waals surface area contributed by atoms with Crippen molar-refractivity contribution in [1.82, 2.24) is 26.2 Å². The molecule has 3 unspecified atom stereocenters. The first kappa shape index (κ1) is 62.4. The van der Waals surface area contributed by atoms with Crippen LogP contribution in [0.5, 0.6) is 0 Å². The van der Waals surface area contributed by atoms with Gasteiger partial charge in [0, 0.05) is 38.5 Å². The lowest BCUT2D eigenvalue weighted by Gasteiger charge is -2.28. The first-order chi connectivity index (χ1) is 27.8. The van der Waals surface area contributed by atoms with Crippen molar-refractivity contribution in [3.8, 4) is 0 Å². The number of primary amides is 2. The van der Waals surface area contributed by atoms with Gasteiger partial charge in [-0.15, -0.1) is 0 Å². The fourth-order valence-corrected chi connectivity index (χ4v) is 4.00. The summed E-state index contributed by atoms with van der Waals surface area (Å²) in [6, 6.07) is -2.43. The molecule has 0 radical (unpaired) electrons. The third-order valence-electron chi connectivity index (χ3n) is 6.79. The van der Waals surface area contributed by atoms with Crippen molar-refractivity contribution >= 4 is 59.7 Å². The molecular weight excluding hydrogens is 774 g/mol. The highest BCUT2D eigenvalue weighted by Crippen LogP contribution is 2.06. The van der Waals surface area contributed by atoms with Crippen molar-refractivity contribution in [2.75, 3.05) is 45.8 Å². The number of carbonyl (C=O) groups excluding carboxylic acids is 7. The Hall–Kier alpha value is -5.78. The number of nitrogens with zero attached hydrogens (tertiary/aromatic N) is 3. The van der Waals surface area contributed by atoms with Gasteiger partial charge in [-0.05, 0) is 58.4 Å². The van der Waals surface area contributed by atoms with Crippen LogP contribution in [0.4, 0.5) is 0 Å². The van der Waals surface area contributed by atoms with Crippen molar-refractivity contribution in [3.05, 3.63) is 0 Å². The van der Waals surface area contributed by atoms with Crippen LogP contribution < -0.4 is 67.1 Å². The molecule has 21 N–H and O–H groups in total. The quantitative estimate of drug-likeness (QED) is 0.0181. The maximum absolute atomic E-state index is 13.5. The predicted molar refractivity (Wildman–Crippen MR) is 228 cm³/mol. The fourth-order valence-electron chi connectivity index (χ4n) is 4.00. The van der Waals surface area contributed by atoms with Crippen LogP contribution in [0, 0.1) is 0 Å². The monoisotopic (exact) mass is 850 g/mol. The summed E-state index contributed by atoms with van der Waals surface area (Å²) in [5.41, 5.74) is 41.5. The second kappa shape index (κ2) is 43.3. The number of carbonyl (C=O) groups is 8. The molecule has 0 aromatic carbocycles. The first-order valence-corrected chi connectivity index (χ1v) is 19.4. The average Bonchev–Trinajstić information content (AvgIpc) is 3.18. The van der Waals surface area contributed by atoms with Crippen LogP contribution in [0.2, 0.25) is 0 Å². The molecule has 3 atom stereocenters. The number of nitrogens with one attached hydrogen (secondary N) is 4. The van der Waals surface area contributed by atoms with E-state index in [0.717, 1.165) is 13.0 Å². The van der Waals surface area contributed by atoms with Crippen molar-refractivity contribution in [1.29, 1.82) is 0 Å². The van der Waals surface area contributed by atoms with E-state index < -0.39 is 54.1 Å². The smallest absolute Gasteiger partial charge is 0.290 e. The lowest BCUT2D eigenvalue weighted by molar-refractivity contribution is -0.140. The topological polar surface area (TPSA) is 441 Å². The van der Waals surface area contributed by atoms with Crippen LogP contribution in [-0.2, 0) is 38.4 Å². The van der Waals surface area contributed by atoms with Crippen molar-refractivity contribution in [2.45, 2.75) is 117 Å². The average molecular weight is 850 g/mol. The van der Waals surface area contributed by atoms with Gasteiger partial charge >= 0.3 is 0 Å². The first-order valence-electron chi connectivity index (χ1n) is 19.4. The molecule has 0 heterocycles. The second-order valence-electron chi connectivity index (χ2n) is 12.0. The molecule has 0 fully saturated rings. The van der Waals surface area contributed by atoms with E-state index in [9.17, 15) is 33.6 Å². The standard InChI is InChI=1S/C26H51N13O6.C3H7NO.C3H9N.C2H6.CH2O2/c1-3-12-39(15-22(43)36-16(2)8-9-19(28)40)24(45)18(7-5-11-34-26(31)32)38-21(42)14-35-23(44)17(37-20(41)13-27)6-4-10-33-25(29)30;1-2-3(4)5;1-2-3-4;1-2;2-1-3/h16-18H,3-15,27H2,1-2H3,(H2,28,40)(H,35,44)(H,36,43)(H,37,41)(H,38,42)(H4,29,30,33)(H4,31,32,34);2H2,1H3,(H2,4,5);2-4H2,1H3;1-2H3;1H,(H,2,3). The Morgan fingerprint density at radius 3 is 1.56 bits per heavy atom. The number of rotatable bonds is 25. The number of guanidine groups is 2. The van der Waals surface area contributed by atoms with E-state index in [1.54, 1.807) is 13.8 Å². The summed E-state index contributed by atoms with van der Waals surface area (Å²) in [6.07, 6.45) is 3.47. The van der Waals surface area contributed by atoms with E-state index in [2.05, 4.69) is 43.9 Å². The summed E-state index contributed by atoms with van der Waals surface area (Å²) >= 11 is 0. The largest absolute Gasteiger partial charge is 0.483 e. The Morgan fingerprint density at radius 2 is 1.17 bits per heavy atom. The zero-order valence-electron chi connectivity index (χ0n) is 35.8. The maximum Gasteiger partial charge on any atom is 0.290 e. The van der Waals surface area contributed by atoms with E-state index in [1.165, 1.54) is 4.90 Å². The van der Waals surface area contributed by atoms with E-state index in [-0.39, 0.29) is 82.3 Å². The molecular formula is C35H75N15O9. The fraction of sp³-hybridized carbons (Fsp3) is 0.714. The van der Waals surface area contributed by atoms with Gasteiger partial charge in [-0.2, -0.15) is 0 Å². The molecule has 0 rings (SSSR count). The Kier molecular flexibility index (Phi) is 45.9. The molecule has 24 heteroatoms. The maximum atomic E-state index is 13.5. The van der Waals surface area contributed by atoms with Gasteiger partial charge in [-0.3, -0.25) is 48.3 Å². The van der Waals surface area contributed by atoms with Crippen LogP contribution in [0.25, 0.3) is 0 Å². The summed E-state index contributed by atoms with van der Waals surface area (Å²) in [5.74, 6) is -3.86. The molecule has 0 aromatic heterocycles. The van der Waals surface area contributed by atoms with Gasteiger partial charge in [0.15, 0.2) is 11.9 Å². The molecule has 0 aliphatic rings. The molecule has 344 valence electrons. The minimum absolute atomic E-state index is 0.0948. The van der Waals surface area contributed by atoms with Gasteiger partial charge in [-0.25, -0.2) is 0 Å². The van der Waals surface area contributed by atoms with Crippen molar-refractivity contribution < 1.29 is 43.5 Å². The normalized spacial score (nSPS) is 10.9. The molecule has 0 aliphatic carbocycles. The minimum Gasteiger partial charge on any atom is -0.483 e. The lowest BCUT2D eigenvalue weighted by Crippen LogP contribution is -2.54. The third-order valence-corrected chi connectivity index (χ3v) is 6.79. The number of aliphatic imine (C=N–C) groups is 2. The van der Waals surface area contributed by atoms with Gasteiger partial charge < -0.3 is 77.1 Å². The molecule has 0 saturated heterocycles. The van der Waals surface area contributed by atoms with E-state index in [4.69, 9.17) is 50.0 Å². The zero-order valence-corrected chi connectivity index (χ0v) is 35.8. The van der Waals surface area contributed by atoms with Gasteiger partial charge in [-0.1, -0.05) is 34.6 Å². The SMILES string of the molecule is CC.CCC(N)=O.CCCN.CCCN(CC(=O)NC(C)CCC(N)=O)C(=O)C(CCCN=C(N)N)NC(=O)CNC(=O)C(CCCN=C(N)N)NC(=O)CN.O=CO. The Labute approximate surface area is 348 Å². The zero-order chi connectivity index (χ0) is 46.8. The Morgan fingerprint density at radius 1 is 0.712 bits per heavy atom. The minimum atomic E-state index is -1.07.